The third-order valence-electron chi connectivity index (χ3n) is 4.47. The van der Waals surface area contributed by atoms with Gasteiger partial charge in [0.15, 0.2) is 0 Å². The first-order chi connectivity index (χ1) is 9.16. The molecule has 19 heavy (non-hydrogen) atoms. The zero-order valence-corrected chi connectivity index (χ0v) is 12.2. The summed E-state index contributed by atoms with van der Waals surface area (Å²) in [6.45, 7) is 7.00. The summed E-state index contributed by atoms with van der Waals surface area (Å²) in [7, 11) is 0. The van der Waals surface area contributed by atoms with Crippen LogP contribution in [-0.4, -0.2) is 0 Å². The van der Waals surface area contributed by atoms with Crippen LogP contribution in [0.15, 0.2) is 42.5 Å². The molecule has 0 radical (unpaired) electrons. The summed E-state index contributed by atoms with van der Waals surface area (Å²) in [4.78, 5) is 0. The number of rotatable bonds is 3. The van der Waals surface area contributed by atoms with Crippen LogP contribution in [0, 0.1) is 0 Å². The molecule has 0 heteroatoms. The highest BCUT2D eigenvalue weighted by molar-refractivity contribution is 5.81. The molecular weight excluding hydrogens is 228 g/mol. The van der Waals surface area contributed by atoms with Crippen molar-refractivity contribution in [3.8, 4) is 11.1 Å². The SMILES string of the molecule is CCCCc1cccc2c1C(C)(C)c1ccccc1-2. The molecule has 2 aromatic rings. The lowest BCUT2D eigenvalue weighted by molar-refractivity contribution is 0.645. The molecule has 2 aromatic carbocycles. The molecule has 0 amide bonds. The maximum Gasteiger partial charge on any atom is 0.0161 e. The molecule has 0 unspecified atom stereocenters. The van der Waals surface area contributed by atoms with Crippen LogP contribution in [0.3, 0.4) is 0 Å². The molecule has 0 fully saturated rings. The van der Waals surface area contributed by atoms with Gasteiger partial charge in [0.2, 0.25) is 0 Å². The Morgan fingerprint density at radius 1 is 0.895 bits per heavy atom. The van der Waals surface area contributed by atoms with Crippen molar-refractivity contribution < 1.29 is 0 Å². The van der Waals surface area contributed by atoms with E-state index in [0.717, 1.165) is 0 Å². The summed E-state index contributed by atoms with van der Waals surface area (Å²) in [6.07, 6.45) is 3.75. The molecule has 0 aromatic heterocycles. The van der Waals surface area contributed by atoms with E-state index in [1.54, 1.807) is 11.1 Å². The maximum atomic E-state index is 2.37. The fourth-order valence-electron chi connectivity index (χ4n) is 3.54. The van der Waals surface area contributed by atoms with Crippen LogP contribution >= 0.6 is 0 Å². The number of aryl methyl sites for hydroxylation is 1. The third kappa shape index (κ3) is 1.82. The molecule has 0 saturated carbocycles. The van der Waals surface area contributed by atoms with Gasteiger partial charge in [0, 0.05) is 5.41 Å². The van der Waals surface area contributed by atoms with Crippen LogP contribution in [0.25, 0.3) is 11.1 Å². The predicted octanol–water partition coefficient (Wildman–Crippen LogP) is 5.34. The van der Waals surface area contributed by atoms with Gasteiger partial charge in [-0.05, 0) is 40.7 Å². The highest BCUT2D eigenvalue weighted by Gasteiger charge is 2.36. The second kappa shape index (κ2) is 4.52. The van der Waals surface area contributed by atoms with E-state index in [1.165, 1.54) is 36.0 Å². The average Bonchev–Trinajstić information content (AvgIpc) is 2.67. The minimum Gasteiger partial charge on any atom is -0.0654 e. The van der Waals surface area contributed by atoms with Gasteiger partial charge < -0.3 is 0 Å². The van der Waals surface area contributed by atoms with E-state index in [4.69, 9.17) is 0 Å². The van der Waals surface area contributed by atoms with Crippen LogP contribution in [0.2, 0.25) is 0 Å². The highest BCUT2D eigenvalue weighted by atomic mass is 14.4. The van der Waals surface area contributed by atoms with E-state index in [2.05, 4.69) is 63.2 Å². The summed E-state index contributed by atoms with van der Waals surface area (Å²) in [5, 5.41) is 0. The second-order valence-corrected chi connectivity index (χ2v) is 6.11. The zero-order valence-electron chi connectivity index (χ0n) is 12.2. The predicted molar refractivity (Wildman–Crippen MR) is 82.6 cm³/mol. The summed E-state index contributed by atoms with van der Waals surface area (Å²) < 4.78 is 0. The Kier molecular flexibility index (Phi) is 2.97. The Bertz CT molecular complexity index is 605. The Morgan fingerprint density at radius 2 is 1.63 bits per heavy atom. The molecule has 0 bridgehead atoms. The Balaban J connectivity index is 2.20. The summed E-state index contributed by atoms with van der Waals surface area (Å²) in [5.41, 5.74) is 7.62. The fourth-order valence-corrected chi connectivity index (χ4v) is 3.54. The minimum atomic E-state index is 0.149. The van der Waals surface area contributed by atoms with Gasteiger partial charge in [-0.25, -0.2) is 0 Å². The van der Waals surface area contributed by atoms with Gasteiger partial charge in [-0.2, -0.15) is 0 Å². The lowest BCUT2D eigenvalue weighted by atomic mass is 9.79. The Morgan fingerprint density at radius 3 is 2.42 bits per heavy atom. The lowest BCUT2D eigenvalue weighted by Crippen LogP contribution is -2.17. The zero-order chi connectivity index (χ0) is 13.5. The normalized spacial score (nSPS) is 15.1. The molecule has 0 spiro atoms. The van der Waals surface area contributed by atoms with E-state index >= 15 is 0 Å². The second-order valence-electron chi connectivity index (χ2n) is 6.11. The lowest BCUT2D eigenvalue weighted by Gasteiger charge is -2.24. The largest absolute Gasteiger partial charge is 0.0654 e. The van der Waals surface area contributed by atoms with Crippen molar-refractivity contribution >= 4 is 0 Å². The topological polar surface area (TPSA) is 0 Å². The molecule has 0 aliphatic heterocycles. The van der Waals surface area contributed by atoms with Crippen molar-refractivity contribution in [2.45, 2.75) is 45.4 Å². The van der Waals surface area contributed by atoms with Crippen molar-refractivity contribution in [2.24, 2.45) is 0 Å². The summed E-state index contributed by atoms with van der Waals surface area (Å²) >= 11 is 0. The highest BCUT2D eigenvalue weighted by Crippen LogP contribution is 2.49. The van der Waals surface area contributed by atoms with E-state index in [1.807, 2.05) is 0 Å². The standard InChI is InChI=1S/C19H22/c1-4-5-9-14-10-8-12-16-15-11-6-7-13-17(15)19(2,3)18(14)16/h6-8,10-13H,4-5,9H2,1-3H3. The van der Waals surface area contributed by atoms with E-state index < -0.39 is 0 Å². The van der Waals surface area contributed by atoms with Crippen molar-refractivity contribution in [3.05, 3.63) is 59.2 Å². The molecule has 0 atom stereocenters. The van der Waals surface area contributed by atoms with Gasteiger partial charge in [-0.15, -0.1) is 0 Å². The van der Waals surface area contributed by atoms with E-state index in [-0.39, 0.29) is 5.41 Å². The maximum absolute atomic E-state index is 2.37. The average molecular weight is 250 g/mol. The van der Waals surface area contributed by atoms with Crippen LogP contribution in [0.5, 0.6) is 0 Å². The van der Waals surface area contributed by atoms with Gasteiger partial charge >= 0.3 is 0 Å². The van der Waals surface area contributed by atoms with Gasteiger partial charge in [-0.3, -0.25) is 0 Å². The molecular formula is C19H22. The molecule has 3 rings (SSSR count). The van der Waals surface area contributed by atoms with Crippen molar-refractivity contribution in [3.63, 3.8) is 0 Å². The van der Waals surface area contributed by atoms with Gasteiger partial charge in [0.05, 0.1) is 0 Å². The van der Waals surface area contributed by atoms with Crippen molar-refractivity contribution in [2.75, 3.05) is 0 Å². The molecule has 1 aliphatic carbocycles. The minimum absolute atomic E-state index is 0.149. The van der Waals surface area contributed by atoms with Crippen LogP contribution in [0.4, 0.5) is 0 Å². The summed E-state index contributed by atoms with van der Waals surface area (Å²) in [6, 6.07) is 15.7. The number of hydrogen-bond donors (Lipinski definition) is 0. The quantitative estimate of drug-likeness (QED) is 0.690. The monoisotopic (exact) mass is 250 g/mol. The first-order valence-electron chi connectivity index (χ1n) is 7.38. The Labute approximate surface area is 116 Å². The van der Waals surface area contributed by atoms with Gasteiger partial charge in [-0.1, -0.05) is 69.7 Å². The summed E-state index contributed by atoms with van der Waals surface area (Å²) in [5.74, 6) is 0. The molecule has 0 nitrogen and oxygen atoms in total. The third-order valence-corrected chi connectivity index (χ3v) is 4.47. The van der Waals surface area contributed by atoms with Gasteiger partial charge in [0.25, 0.3) is 0 Å². The number of unbranched alkanes of at least 4 members (excludes halogenated alkanes) is 1. The van der Waals surface area contributed by atoms with Crippen LogP contribution in [-0.2, 0) is 11.8 Å². The number of fused-ring (bicyclic) bond motifs is 3. The number of hydrogen-bond acceptors (Lipinski definition) is 0. The smallest absolute Gasteiger partial charge is 0.0161 e. The molecule has 0 saturated heterocycles. The van der Waals surface area contributed by atoms with Crippen LogP contribution < -0.4 is 0 Å². The fraction of sp³-hybridized carbons (Fsp3) is 0.368. The molecule has 1 aliphatic rings. The molecule has 0 N–H and O–H groups in total. The Hall–Kier alpha value is -1.56. The molecule has 0 heterocycles. The first kappa shape index (κ1) is 12.5. The van der Waals surface area contributed by atoms with Crippen molar-refractivity contribution in [1.29, 1.82) is 0 Å². The van der Waals surface area contributed by atoms with Gasteiger partial charge in [0.1, 0.15) is 0 Å². The first-order valence-corrected chi connectivity index (χ1v) is 7.38. The molecule has 98 valence electrons. The van der Waals surface area contributed by atoms with Crippen LogP contribution in [0.1, 0.15) is 50.3 Å². The number of benzene rings is 2. The van der Waals surface area contributed by atoms with E-state index in [9.17, 15) is 0 Å². The van der Waals surface area contributed by atoms with Crippen molar-refractivity contribution in [1.82, 2.24) is 0 Å². The van der Waals surface area contributed by atoms with E-state index in [0.29, 0.717) is 0 Å².